The maximum Gasteiger partial charge on any atom is 0.123 e. The van der Waals surface area contributed by atoms with E-state index >= 15 is 0 Å². The molecule has 0 unspecified atom stereocenters. The molecule has 0 spiro atoms. The first-order valence-electron chi connectivity index (χ1n) is 6.42. The van der Waals surface area contributed by atoms with E-state index in [4.69, 9.17) is 15.2 Å². The third-order valence-corrected chi connectivity index (χ3v) is 2.79. The molecule has 0 aliphatic carbocycles. The molecule has 0 aliphatic heterocycles. The van der Waals surface area contributed by atoms with Gasteiger partial charge in [0.15, 0.2) is 0 Å². The maximum atomic E-state index is 5.66. The van der Waals surface area contributed by atoms with Crippen LogP contribution in [0.3, 0.4) is 0 Å². The first-order valence-corrected chi connectivity index (χ1v) is 6.42. The number of hydrogen-bond acceptors (Lipinski definition) is 3. The molecule has 0 heterocycles. The second kappa shape index (κ2) is 7.56. The molecule has 0 bridgehead atoms. The Morgan fingerprint density at radius 2 is 1.58 bits per heavy atom. The van der Waals surface area contributed by atoms with E-state index in [1.165, 1.54) is 5.56 Å². The predicted octanol–water partition coefficient (Wildman–Crippen LogP) is 2.74. The zero-order valence-corrected chi connectivity index (χ0v) is 10.9. The van der Waals surface area contributed by atoms with Gasteiger partial charge < -0.3 is 15.2 Å². The molecule has 0 saturated heterocycles. The van der Waals surface area contributed by atoms with E-state index in [1.54, 1.807) is 0 Å². The molecule has 0 aromatic heterocycles. The summed E-state index contributed by atoms with van der Waals surface area (Å²) in [6, 6.07) is 17.9. The van der Waals surface area contributed by atoms with E-state index in [0.29, 0.717) is 26.4 Å². The highest BCUT2D eigenvalue weighted by Crippen LogP contribution is 2.16. The number of benzene rings is 2. The summed E-state index contributed by atoms with van der Waals surface area (Å²) in [5, 5.41) is 0. The van der Waals surface area contributed by atoms with Crippen molar-refractivity contribution in [3.63, 3.8) is 0 Å². The summed E-state index contributed by atoms with van der Waals surface area (Å²) in [4.78, 5) is 0. The predicted molar refractivity (Wildman–Crippen MR) is 75.9 cm³/mol. The second-order valence-electron chi connectivity index (χ2n) is 4.20. The summed E-state index contributed by atoms with van der Waals surface area (Å²) < 4.78 is 11.2. The van der Waals surface area contributed by atoms with E-state index in [-0.39, 0.29) is 0 Å². The fourth-order valence-corrected chi connectivity index (χ4v) is 1.79. The van der Waals surface area contributed by atoms with Crippen LogP contribution in [0.4, 0.5) is 0 Å². The van der Waals surface area contributed by atoms with Gasteiger partial charge in [-0.1, -0.05) is 48.5 Å². The van der Waals surface area contributed by atoms with Crippen LogP contribution >= 0.6 is 0 Å². The average molecular weight is 257 g/mol. The van der Waals surface area contributed by atoms with Crippen LogP contribution in [0.25, 0.3) is 0 Å². The first-order chi connectivity index (χ1) is 9.40. The van der Waals surface area contributed by atoms with Gasteiger partial charge in [0.05, 0.1) is 13.2 Å². The third kappa shape index (κ3) is 4.39. The summed E-state index contributed by atoms with van der Waals surface area (Å²) in [6.07, 6.45) is 0. The monoisotopic (exact) mass is 257 g/mol. The summed E-state index contributed by atoms with van der Waals surface area (Å²) >= 11 is 0. The highest BCUT2D eigenvalue weighted by molar-refractivity contribution is 5.32. The van der Waals surface area contributed by atoms with Crippen LogP contribution in [0.15, 0.2) is 54.6 Å². The number of nitrogens with two attached hydrogens (primary N) is 1. The van der Waals surface area contributed by atoms with Crippen LogP contribution in [0.1, 0.15) is 11.1 Å². The van der Waals surface area contributed by atoms with E-state index in [1.807, 2.05) is 54.6 Å². The van der Waals surface area contributed by atoms with Gasteiger partial charge in [0.25, 0.3) is 0 Å². The molecule has 0 radical (unpaired) electrons. The summed E-state index contributed by atoms with van der Waals surface area (Å²) in [5.74, 6) is 0.841. The lowest BCUT2D eigenvalue weighted by Gasteiger charge is -2.10. The van der Waals surface area contributed by atoms with Gasteiger partial charge in [0.2, 0.25) is 0 Å². The van der Waals surface area contributed by atoms with Gasteiger partial charge >= 0.3 is 0 Å². The van der Waals surface area contributed by atoms with E-state index in [0.717, 1.165) is 11.3 Å². The minimum Gasteiger partial charge on any atom is -0.491 e. The zero-order valence-electron chi connectivity index (χ0n) is 10.9. The van der Waals surface area contributed by atoms with Gasteiger partial charge in [0.1, 0.15) is 12.4 Å². The lowest BCUT2D eigenvalue weighted by atomic mass is 10.2. The Morgan fingerprint density at radius 3 is 2.37 bits per heavy atom. The van der Waals surface area contributed by atoms with Crippen molar-refractivity contribution in [2.45, 2.75) is 13.2 Å². The highest BCUT2D eigenvalue weighted by Gasteiger charge is 2.00. The highest BCUT2D eigenvalue weighted by atomic mass is 16.5. The van der Waals surface area contributed by atoms with E-state index in [9.17, 15) is 0 Å². The molecule has 0 fully saturated rings. The Morgan fingerprint density at radius 1 is 0.842 bits per heavy atom. The Labute approximate surface area is 114 Å². The quantitative estimate of drug-likeness (QED) is 0.776. The Bertz CT molecular complexity index is 485. The molecule has 0 aliphatic rings. The summed E-state index contributed by atoms with van der Waals surface area (Å²) in [6.45, 7) is 2.20. The van der Waals surface area contributed by atoms with Crippen molar-refractivity contribution in [2.75, 3.05) is 13.2 Å². The average Bonchev–Trinajstić information content (AvgIpc) is 2.48. The molecule has 2 aromatic carbocycles. The third-order valence-electron chi connectivity index (χ3n) is 2.79. The topological polar surface area (TPSA) is 44.5 Å². The minimum atomic E-state index is 0.487. The van der Waals surface area contributed by atoms with Crippen molar-refractivity contribution < 1.29 is 9.47 Å². The molecule has 100 valence electrons. The molecular formula is C16H19NO2. The number of hydrogen-bond donors (Lipinski definition) is 1. The van der Waals surface area contributed by atoms with Gasteiger partial charge in [-0.2, -0.15) is 0 Å². The number of para-hydroxylation sites is 1. The molecule has 0 saturated carbocycles. The van der Waals surface area contributed by atoms with E-state index < -0.39 is 0 Å². The minimum absolute atomic E-state index is 0.487. The van der Waals surface area contributed by atoms with Gasteiger partial charge in [-0.25, -0.2) is 0 Å². The molecule has 0 atom stereocenters. The van der Waals surface area contributed by atoms with E-state index in [2.05, 4.69) is 0 Å². The molecule has 3 nitrogen and oxygen atoms in total. The standard InChI is InChI=1S/C16H19NO2/c17-12-15-8-4-5-9-16(15)19-11-10-18-13-14-6-2-1-3-7-14/h1-9H,10-13,17H2. The van der Waals surface area contributed by atoms with Crippen molar-refractivity contribution in [3.05, 3.63) is 65.7 Å². The lowest BCUT2D eigenvalue weighted by molar-refractivity contribution is 0.0886. The van der Waals surface area contributed by atoms with Gasteiger partial charge in [-0.05, 0) is 11.6 Å². The summed E-state index contributed by atoms with van der Waals surface area (Å²) in [7, 11) is 0. The Hall–Kier alpha value is -1.84. The molecule has 2 aromatic rings. The molecule has 2 N–H and O–H groups in total. The van der Waals surface area contributed by atoms with Crippen molar-refractivity contribution in [1.29, 1.82) is 0 Å². The van der Waals surface area contributed by atoms with Gasteiger partial charge in [-0.15, -0.1) is 0 Å². The molecular weight excluding hydrogens is 238 g/mol. The Balaban J connectivity index is 1.69. The van der Waals surface area contributed by atoms with Gasteiger partial charge in [-0.3, -0.25) is 0 Å². The smallest absolute Gasteiger partial charge is 0.123 e. The molecule has 0 amide bonds. The van der Waals surface area contributed by atoms with Crippen LogP contribution < -0.4 is 10.5 Å². The van der Waals surface area contributed by atoms with Crippen molar-refractivity contribution in [1.82, 2.24) is 0 Å². The van der Waals surface area contributed by atoms with Crippen molar-refractivity contribution in [3.8, 4) is 5.75 Å². The van der Waals surface area contributed by atoms with Crippen molar-refractivity contribution >= 4 is 0 Å². The van der Waals surface area contributed by atoms with Crippen molar-refractivity contribution in [2.24, 2.45) is 5.73 Å². The van der Waals surface area contributed by atoms with Crippen LogP contribution in [0.5, 0.6) is 5.75 Å². The maximum absolute atomic E-state index is 5.66. The number of rotatable bonds is 7. The Kier molecular flexibility index (Phi) is 5.41. The zero-order chi connectivity index (χ0) is 13.3. The molecule has 19 heavy (non-hydrogen) atoms. The van der Waals surface area contributed by atoms with Gasteiger partial charge in [0, 0.05) is 12.1 Å². The SMILES string of the molecule is NCc1ccccc1OCCOCc1ccccc1. The normalized spacial score (nSPS) is 10.4. The van der Waals surface area contributed by atoms with Crippen LogP contribution in [-0.2, 0) is 17.9 Å². The first kappa shape index (κ1) is 13.6. The fourth-order valence-electron chi connectivity index (χ4n) is 1.79. The second-order valence-corrected chi connectivity index (χ2v) is 4.20. The summed E-state index contributed by atoms with van der Waals surface area (Å²) in [5.41, 5.74) is 7.84. The molecule has 3 heteroatoms. The number of ether oxygens (including phenoxy) is 2. The van der Waals surface area contributed by atoms with Crippen LogP contribution in [0.2, 0.25) is 0 Å². The largest absolute Gasteiger partial charge is 0.491 e. The lowest BCUT2D eigenvalue weighted by Crippen LogP contribution is -2.09. The molecule has 2 rings (SSSR count). The van der Waals surface area contributed by atoms with Crippen LogP contribution in [0, 0.1) is 0 Å². The van der Waals surface area contributed by atoms with Crippen LogP contribution in [-0.4, -0.2) is 13.2 Å². The fraction of sp³-hybridized carbons (Fsp3) is 0.250.